The van der Waals surface area contributed by atoms with Crippen molar-refractivity contribution in [3.05, 3.63) is 53.3 Å². The molecule has 13 nitrogen and oxygen atoms in total. The van der Waals surface area contributed by atoms with Crippen LogP contribution in [0.5, 0.6) is 0 Å². The van der Waals surface area contributed by atoms with Crippen molar-refractivity contribution in [1.82, 2.24) is 30.0 Å². The fourth-order valence-electron chi connectivity index (χ4n) is 4.06. The van der Waals surface area contributed by atoms with E-state index >= 15 is 0 Å². The number of nitrogens with zero attached hydrogens (tertiary/aromatic N) is 5. The summed E-state index contributed by atoms with van der Waals surface area (Å²) in [5.74, 6) is 0. The lowest BCUT2D eigenvalue weighted by atomic mass is 9.98. The van der Waals surface area contributed by atoms with Crippen molar-refractivity contribution in [3.8, 4) is 0 Å². The molecule has 2 aliphatic heterocycles. The zero-order valence-electron chi connectivity index (χ0n) is 20.5. The van der Waals surface area contributed by atoms with Gasteiger partial charge in [0.25, 0.3) is 0 Å². The van der Waals surface area contributed by atoms with Crippen LogP contribution >= 0.6 is 0 Å². The Morgan fingerprint density at radius 2 is 1.92 bits per heavy atom. The number of benzene rings is 1. The summed E-state index contributed by atoms with van der Waals surface area (Å²) in [6.07, 6.45) is 0.802. The summed E-state index contributed by atoms with van der Waals surface area (Å²) in [5.41, 5.74) is 6.36. The number of rotatable bonds is 5. The molecule has 192 valence electrons. The molecule has 2 aromatic rings. The summed E-state index contributed by atoms with van der Waals surface area (Å²) in [6.45, 7) is 5.63. The molecule has 3 N–H and O–H groups in total. The molecule has 3 heterocycles. The third-order valence-corrected chi connectivity index (χ3v) is 5.78. The van der Waals surface area contributed by atoms with Gasteiger partial charge in [-0.15, -0.1) is 0 Å². The van der Waals surface area contributed by atoms with E-state index in [2.05, 4.69) is 10.4 Å². The number of hydrogen-bond acceptors (Lipinski definition) is 7. The van der Waals surface area contributed by atoms with Crippen molar-refractivity contribution in [3.63, 3.8) is 0 Å². The van der Waals surface area contributed by atoms with Gasteiger partial charge in [-0.2, -0.15) is 14.8 Å². The SMILES string of the molecule is CN(C(N)=O)C(=O)n1cc2c(n1)C(CNC(=O)OC(C)(C)C)N1C[C@H]2N(OCc2ccccc2)C1=O. The number of alkyl carbamates (subject to hydrolysis) is 1. The Labute approximate surface area is 207 Å². The molecule has 0 radical (unpaired) electrons. The van der Waals surface area contributed by atoms with Crippen molar-refractivity contribution in [2.24, 2.45) is 5.73 Å². The quantitative estimate of drug-likeness (QED) is 0.640. The standard InChI is InChI=1S/C23H29N7O6/c1-23(2,3)36-20(32)25-10-16-18-15(11-29(26-18)21(33)27(4)19(24)31)17-12-28(16)22(34)30(17)35-13-14-8-6-5-7-9-14/h5-9,11,16-17H,10,12-13H2,1-4H3,(H2,24,31)(H,25,32)/t16?,17-/m1/s1. The average molecular weight is 500 g/mol. The molecule has 0 aliphatic carbocycles. The van der Waals surface area contributed by atoms with Crippen molar-refractivity contribution in [2.75, 3.05) is 20.1 Å². The number of nitrogens with one attached hydrogen (secondary N) is 1. The molecule has 1 unspecified atom stereocenters. The van der Waals surface area contributed by atoms with Gasteiger partial charge in [0.15, 0.2) is 0 Å². The van der Waals surface area contributed by atoms with E-state index in [-0.39, 0.29) is 19.7 Å². The highest BCUT2D eigenvalue weighted by Crippen LogP contribution is 2.43. The van der Waals surface area contributed by atoms with E-state index in [1.165, 1.54) is 23.2 Å². The van der Waals surface area contributed by atoms with E-state index in [0.29, 0.717) is 11.3 Å². The summed E-state index contributed by atoms with van der Waals surface area (Å²) in [7, 11) is 1.24. The summed E-state index contributed by atoms with van der Waals surface area (Å²) in [6, 6.07) is 6.04. The van der Waals surface area contributed by atoms with E-state index in [1.54, 1.807) is 20.8 Å². The number of ether oxygens (including phenoxy) is 1. The van der Waals surface area contributed by atoms with Crippen LogP contribution in [0.25, 0.3) is 0 Å². The van der Waals surface area contributed by atoms with E-state index in [0.717, 1.165) is 15.1 Å². The zero-order chi connectivity index (χ0) is 26.2. The number of amides is 6. The number of imide groups is 1. The average Bonchev–Trinajstić information content (AvgIpc) is 3.37. The Bertz CT molecular complexity index is 1180. The van der Waals surface area contributed by atoms with Gasteiger partial charge in [-0.25, -0.2) is 24.1 Å². The number of carbonyl (C=O) groups is 4. The predicted molar refractivity (Wildman–Crippen MR) is 125 cm³/mol. The van der Waals surface area contributed by atoms with Gasteiger partial charge in [-0.1, -0.05) is 30.3 Å². The third-order valence-electron chi connectivity index (χ3n) is 5.78. The highest BCUT2D eigenvalue weighted by molar-refractivity contribution is 5.93. The van der Waals surface area contributed by atoms with Gasteiger partial charge in [0.1, 0.15) is 18.2 Å². The summed E-state index contributed by atoms with van der Waals surface area (Å²) in [4.78, 5) is 57.9. The highest BCUT2D eigenvalue weighted by atomic mass is 16.7. The Kier molecular flexibility index (Phi) is 6.59. The molecule has 36 heavy (non-hydrogen) atoms. The molecule has 1 saturated heterocycles. The molecule has 2 atom stereocenters. The first kappa shape index (κ1) is 25.0. The van der Waals surface area contributed by atoms with Crippen molar-refractivity contribution < 1.29 is 28.8 Å². The van der Waals surface area contributed by atoms with Crippen molar-refractivity contribution in [1.29, 1.82) is 0 Å². The van der Waals surface area contributed by atoms with Gasteiger partial charge in [0.2, 0.25) is 0 Å². The number of fused-ring (bicyclic) bond motifs is 4. The minimum Gasteiger partial charge on any atom is -0.444 e. The summed E-state index contributed by atoms with van der Waals surface area (Å²) in [5, 5.41) is 8.30. The van der Waals surface area contributed by atoms with Gasteiger partial charge >= 0.3 is 24.2 Å². The molecule has 6 amide bonds. The maximum atomic E-state index is 13.3. The molecular formula is C23H29N7O6. The van der Waals surface area contributed by atoms with E-state index < -0.39 is 41.9 Å². The first-order valence-electron chi connectivity index (χ1n) is 11.4. The molecule has 1 fully saturated rings. The number of hydrogen-bond donors (Lipinski definition) is 2. The smallest absolute Gasteiger partial charge is 0.407 e. The van der Waals surface area contributed by atoms with Crippen LogP contribution in [-0.4, -0.2) is 74.6 Å². The molecule has 1 aromatic heterocycles. The molecule has 0 spiro atoms. The normalized spacial score (nSPS) is 18.6. The number of nitrogens with two attached hydrogens (primary N) is 1. The molecule has 2 aliphatic rings. The lowest BCUT2D eigenvalue weighted by Gasteiger charge is -2.30. The Balaban J connectivity index is 1.62. The molecule has 1 aromatic carbocycles. The van der Waals surface area contributed by atoms with Gasteiger partial charge < -0.3 is 20.7 Å². The van der Waals surface area contributed by atoms with Gasteiger partial charge in [-0.3, -0.25) is 4.84 Å². The second kappa shape index (κ2) is 9.49. The third kappa shape index (κ3) is 4.96. The second-order valence-electron chi connectivity index (χ2n) is 9.53. The topological polar surface area (TPSA) is 152 Å². The van der Waals surface area contributed by atoms with Crippen molar-refractivity contribution in [2.45, 2.75) is 45.1 Å². The minimum absolute atomic E-state index is 0.0102. The molecule has 4 rings (SSSR count). The van der Waals surface area contributed by atoms with Gasteiger partial charge in [0, 0.05) is 25.4 Å². The van der Waals surface area contributed by atoms with Crippen LogP contribution in [0.4, 0.5) is 19.2 Å². The van der Waals surface area contributed by atoms with Crippen molar-refractivity contribution >= 4 is 24.2 Å². The molecule has 2 bridgehead atoms. The lowest BCUT2D eigenvalue weighted by Crippen LogP contribution is -2.43. The predicted octanol–water partition coefficient (Wildman–Crippen LogP) is 2.35. The van der Waals surface area contributed by atoms with Crippen LogP contribution < -0.4 is 11.1 Å². The molecular weight excluding hydrogens is 470 g/mol. The lowest BCUT2D eigenvalue weighted by molar-refractivity contribution is -0.141. The van der Waals surface area contributed by atoms with Crippen LogP contribution in [0.15, 0.2) is 36.5 Å². The van der Waals surface area contributed by atoms with Crippen LogP contribution in [0.3, 0.4) is 0 Å². The Hall–Kier alpha value is -4.13. The fourth-order valence-corrected chi connectivity index (χ4v) is 4.06. The van der Waals surface area contributed by atoms with Crippen LogP contribution in [-0.2, 0) is 16.2 Å². The number of primary amides is 1. The summed E-state index contributed by atoms with van der Waals surface area (Å²) < 4.78 is 6.30. The van der Waals surface area contributed by atoms with Crippen LogP contribution in [0.1, 0.15) is 49.7 Å². The zero-order valence-corrected chi connectivity index (χ0v) is 20.5. The first-order chi connectivity index (χ1) is 17.0. The summed E-state index contributed by atoms with van der Waals surface area (Å²) >= 11 is 0. The monoisotopic (exact) mass is 499 g/mol. The maximum Gasteiger partial charge on any atom is 0.407 e. The van der Waals surface area contributed by atoms with E-state index in [4.69, 9.17) is 15.3 Å². The van der Waals surface area contributed by atoms with Crippen LogP contribution in [0.2, 0.25) is 0 Å². The largest absolute Gasteiger partial charge is 0.444 e. The number of carbonyl (C=O) groups excluding carboxylic acids is 4. The number of urea groups is 2. The minimum atomic E-state index is -0.940. The Morgan fingerprint density at radius 1 is 1.22 bits per heavy atom. The van der Waals surface area contributed by atoms with Crippen LogP contribution in [0, 0.1) is 0 Å². The number of hydroxylamine groups is 2. The molecule has 0 saturated carbocycles. The Morgan fingerprint density at radius 3 is 2.56 bits per heavy atom. The second-order valence-corrected chi connectivity index (χ2v) is 9.53. The van der Waals surface area contributed by atoms with Gasteiger partial charge in [-0.05, 0) is 26.3 Å². The fraction of sp³-hybridized carbons (Fsp3) is 0.435. The first-order valence-corrected chi connectivity index (χ1v) is 11.4. The highest BCUT2D eigenvalue weighted by Gasteiger charge is 2.50. The maximum absolute atomic E-state index is 13.3. The van der Waals surface area contributed by atoms with E-state index in [9.17, 15) is 19.2 Å². The number of aromatic nitrogens is 2. The van der Waals surface area contributed by atoms with E-state index in [1.807, 2.05) is 30.3 Å². The van der Waals surface area contributed by atoms with Gasteiger partial charge in [0.05, 0.1) is 18.3 Å². The molecule has 13 heteroatoms.